The minimum Gasteiger partial charge on any atom is -0.302 e. The highest BCUT2D eigenvalue weighted by molar-refractivity contribution is 5.32. The lowest BCUT2D eigenvalue weighted by molar-refractivity contribution is 0.344. The zero-order chi connectivity index (χ0) is 9.68. The zero-order valence-electron chi connectivity index (χ0n) is 9.14. The molecule has 1 heteroatoms. The van der Waals surface area contributed by atoms with Gasteiger partial charge in [-0.1, -0.05) is 31.6 Å². The van der Waals surface area contributed by atoms with Gasteiger partial charge in [0.2, 0.25) is 0 Å². The Bertz CT molecular complexity index is 213. The molecule has 0 unspecified atom stereocenters. The molecule has 13 heavy (non-hydrogen) atoms. The predicted molar refractivity (Wildman–Crippen MR) is 58.9 cm³/mol. The molecule has 74 valence electrons. The molecule has 0 radical (unpaired) electrons. The first-order valence-corrected chi connectivity index (χ1v) is 5.42. The lowest BCUT2D eigenvalue weighted by Gasteiger charge is -2.28. The summed E-state index contributed by atoms with van der Waals surface area (Å²) in [4.78, 5) is 2.41. The quantitative estimate of drug-likeness (QED) is 0.552. The summed E-state index contributed by atoms with van der Waals surface area (Å²) in [6.45, 7) is 6.45. The fourth-order valence-corrected chi connectivity index (χ4v) is 1.92. The van der Waals surface area contributed by atoms with Crippen molar-refractivity contribution in [3.05, 3.63) is 23.3 Å². The molecule has 0 saturated carbocycles. The minimum absolute atomic E-state index is 1.21. The van der Waals surface area contributed by atoms with E-state index in [1.165, 1.54) is 32.4 Å². The molecule has 0 N–H and O–H groups in total. The molecule has 0 amide bonds. The maximum absolute atomic E-state index is 2.41. The first-order valence-electron chi connectivity index (χ1n) is 5.42. The number of hydrogen-bond donors (Lipinski definition) is 0. The molecule has 0 aromatic rings. The molecule has 1 aliphatic heterocycles. The fraction of sp³-hybridized carbons (Fsp3) is 0.667. The van der Waals surface area contributed by atoms with Crippen LogP contribution in [0.4, 0.5) is 0 Å². The summed E-state index contributed by atoms with van der Waals surface area (Å²) in [5.41, 5.74) is 3.30. The Kier molecular flexibility index (Phi) is 4.23. The lowest BCUT2D eigenvalue weighted by atomic mass is 9.92. The van der Waals surface area contributed by atoms with Crippen molar-refractivity contribution >= 4 is 0 Å². The Morgan fingerprint density at radius 3 is 2.77 bits per heavy atom. The number of hydrogen-bond acceptors (Lipinski definition) is 1. The number of nitrogens with zero attached hydrogens (tertiary/aromatic N) is 1. The van der Waals surface area contributed by atoms with E-state index >= 15 is 0 Å². The molecule has 2 aliphatic rings. The average molecular weight is 179 g/mol. The second kappa shape index (κ2) is 5.23. The third-order valence-corrected chi connectivity index (χ3v) is 2.61. The van der Waals surface area contributed by atoms with Crippen molar-refractivity contribution in [2.24, 2.45) is 0 Å². The van der Waals surface area contributed by atoms with Crippen molar-refractivity contribution in [2.45, 2.75) is 33.1 Å². The van der Waals surface area contributed by atoms with E-state index in [1.807, 2.05) is 13.8 Å². The van der Waals surface area contributed by atoms with Gasteiger partial charge in [-0.15, -0.1) is 0 Å². The van der Waals surface area contributed by atoms with Gasteiger partial charge in [0.1, 0.15) is 0 Å². The van der Waals surface area contributed by atoms with Crippen LogP contribution in [0.2, 0.25) is 0 Å². The van der Waals surface area contributed by atoms with Gasteiger partial charge in [0.15, 0.2) is 0 Å². The number of allylic oxidation sites excluding steroid dienone is 2. The number of likely N-dealkylation sites (N-methyl/N-ethyl adjacent to an activating group) is 1. The molecule has 0 aromatic heterocycles. The second-order valence-corrected chi connectivity index (χ2v) is 3.56. The van der Waals surface area contributed by atoms with Crippen LogP contribution in [0.25, 0.3) is 0 Å². The van der Waals surface area contributed by atoms with Crippen molar-refractivity contribution in [2.75, 3.05) is 20.1 Å². The molecule has 0 spiro atoms. The topological polar surface area (TPSA) is 3.24 Å². The van der Waals surface area contributed by atoms with E-state index in [0.717, 1.165) is 0 Å². The monoisotopic (exact) mass is 179 g/mol. The third-order valence-electron chi connectivity index (χ3n) is 2.61. The highest BCUT2D eigenvalue weighted by Crippen LogP contribution is 2.25. The maximum Gasteiger partial charge on any atom is 0.0195 e. The zero-order valence-corrected chi connectivity index (χ0v) is 9.14. The van der Waals surface area contributed by atoms with Gasteiger partial charge in [0.25, 0.3) is 0 Å². The van der Waals surface area contributed by atoms with Crippen LogP contribution in [0.15, 0.2) is 23.3 Å². The van der Waals surface area contributed by atoms with E-state index < -0.39 is 0 Å². The summed E-state index contributed by atoms with van der Waals surface area (Å²) in [5, 5.41) is 0. The van der Waals surface area contributed by atoms with Crippen LogP contribution in [0.5, 0.6) is 0 Å². The van der Waals surface area contributed by atoms with Crippen LogP contribution in [0, 0.1) is 0 Å². The molecule has 0 atom stereocenters. The smallest absolute Gasteiger partial charge is 0.0195 e. The Balaban J connectivity index is 0.000000396. The summed E-state index contributed by atoms with van der Waals surface area (Å²) in [6, 6.07) is 0. The van der Waals surface area contributed by atoms with Crippen LogP contribution in [0.3, 0.4) is 0 Å². The van der Waals surface area contributed by atoms with Crippen LogP contribution in [-0.4, -0.2) is 25.0 Å². The van der Waals surface area contributed by atoms with Gasteiger partial charge in [-0.3, -0.25) is 0 Å². The van der Waals surface area contributed by atoms with Gasteiger partial charge in [-0.05, 0) is 31.9 Å². The van der Waals surface area contributed by atoms with Crippen LogP contribution < -0.4 is 0 Å². The first-order chi connectivity index (χ1) is 6.36. The highest BCUT2D eigenvalue weighted by atomic mass is 15.1. The molecule has 0 fully saturated rings. The first kappa shape index (κ1) is 10.5. The van der Waals surface area contributed by atoms with Gasteiger partial charge >= 0.3 is 0 Å². The Morgan fingerprint density at radius 1 is 1.23 bits per heavy atom. The fourth-order valence-electron chi connectivity index (χ4n) is 1.92. The third kappa shape index (κ3) is 2.70. The van der Waals surface area contributed by atoms with Crippen molar-refractivity contribution in [3.8, 4) is 0 Å². The molecule has 0 saturated heterocycles. The molecular weight excluding hydrogens is 158 g/mol. The molecule has 2 rings (SSSR count). The predicted octanol–water partition coefficient (Wildman–Crippen LogP) is 2.99. The standard InChI is InChI=1S/C10H15N.C2H6/c1-11-7-6-9-4-2-3-5-10(9)8-11;1-2/h2,4H,3,5-8H2,1H3;1-2H3. The van der Waals surface area contributed by atoms with Crippen molar-refractivity contribution in [1.29, 1.82) is 0 Å². The summed E-state index contributed by atoms with van der Waals surface area (Å²) < 4.78 is 0. The average Bonchev–Trinajstić information content (AvgIpc) is 2.21. The normalized spacial score (nSPS) is 22.1. The summed E-state index contributed by atoms with van der Waals surface area (Å²) in [6.07, 6.45) is 8.46. The Labute approximate surface area is 82.1 Å². The summed E-state index contributed by atoms with van der Waals surface area (Å²) in [7, 11) is 2.21. The van der Waals surface area contributed by atoms with E-state index in [1.54, 1.807) is 11.1 Å². The molecule has 1 nitrogen and oxygen atoms in total. The molecule has 0 aromatic carbocycles. The molecule has 1 aliphatic carbocycles. The largest absolute Gasteiger partial charge is 0.302 e. The van der Waals surface area contributed by atoms with Gasteiger partial charge in [-0.2, -0.15) is 0 Å². The SMILES string of the molecule is CC.CN1CCC2=C(CCC=C2)C1. The van der Waals surface area contributed by atoms with E-state index in [4.69, 9.17) is 0 Å². The number of rotatable bonds is 0. The van der Waals surface area contributed by atoms with Crippen LogP contribution in [-0.2, 0) is 0 Å². The highest BCUT2D eigenvalue weighted by Gasteiger charge is 2.15. The van der Waals surface area contributed by atoms with Gasteiger partial charge in [-0.25, -0.2) is 0 Å². The van der Waals surface area contributed by atoms with Crippen molar-refractivity contribution in [3.63, 3.8) is 0 Å². The van der Waals surface area contributed by atoms with Gasteiger partial charge in [0.05, 0.1) is 0 Å². The minimum atomic E-state index is 1.21. The Morgan fingerprint density at radius 2 is 2.00 bits per heavy atom. The lowest BCUT2D eigenvalue weighted by Crippen LogP contribution is -2.28. The second-order valence-electron chi connectivity index (χ2n) is 3.56. The van der Waals surface area contributed by atoms with E-state index in [0.29, 0.717) is 0 Å². The van der Waals surface area contributed by atoms with Crippen molar-refractivity contribution in [1.82, 2.24) is 4.90 Å². The van der Waals surface area contributed by atoms with E-state index in [9.17, 15) is 0 Å². The molecule has 0 bridgehead atoms. The molecular formula is C12H21N. The van der Waals surface area contributed by atoms with Crippen LogP contribution in [0.1, 0.15) is 33.1 Å². The summed E-state index contributed by atoms with van der Waals surface area (Å²) in [5.74, 6) is 0. The van der Waals surface area contributed by atoms with Crippen LogP contribution >= 0.6 is 0 Å². The summed E-state index contributed by atoms with van der Waals surface area (Å²) >= 11 is 0. The molecule has 1 heterocycles. The Hall–Kier alpha value is -0.560. The van der Waals surface area contributed by atoms with E-state index in [2.05, 4.69) is 24.1 Å². The van der Waals surface area contributed by atoms with E-state index in [-0.39, 0.29) is 0 Å². The maximum atomic E-state index is 2.41. The van der Waals surface area contributed by atoms with Gasteiger partial charge < -0.3 is 4.90 Å². The van der Waals surface area contributed by atoms with Crippen molar-refractivity contribution < 1.29 is 0 Å². The van der Waals surface area contributed by atoms with Gasteiger partial charge in [0, 0.05) is 13.1 Å².